The summed E-state index contributed by atoms with van der Waals surface area (Å²) in [6.07, 6.45) is 0. The van der Waals surface area contributed by atoms with Crippen LogP contribution in [0, 0.1) is 10.1 Å². The Morgan fingerprint density at radius 1 is 1.13 bits per heavy atom. The molecule has 1 aliphatic heterocycles. The van der Waals surface area contributed by atoms with Gasteiger partial charge >= 0.3 is 5.97 Å². The maximum atomic E-state index is 12.2. The summed E-state index contributed by atoms with van der Waals surface area (Å²) in [6, 6.07) is 11.5. The van der Waals surface area contributed by atoms with Gasteiger partial charge in [0.2, 0.25) is 0 Å². The van der Waals surface area contributed by atoms with Gasteiger partial charge in [0.25, 0.3) is 5.69 Å². The number of nitro groups is 1. The summed E-state index contributed by atoms with van der Waals surface area (Å²) in [6.45, 7) is 0.663. The molecule has 2 aromatic carbocycles. The summed E-state index contributed by atoms with van der Waals surface area (Å²) >= 11 is 0. The van der Waals surface area contributed by atoms with E-state index in [1.807, 2.05) is 18.2 Å². The number of rotatable bonds is 4. The number of benzene rings is 2. The van der Waals surface area contributed by atoms with Gasteiger partial charge in [-0.25, -0.2) is 4.79 Å². The lowest BCUT2D eigenvalue weighted by Crippen LogP contribution is -2.17. The second-order valence-electron chi connectivity index (χ2n) is 4.83. The Labute approximate surface area is 131 Å². The number of nitro benzene ring substituents is 1. The van der Waals surface area contributed by atoms with E-state index >= 15 is 0 Å². The van der Waals surface area contributed by atoms with Gasteiger partial charge in [0.15, 0.2) is 11.5 Å². The van der Waals surface area contributed by atoms with Crippen molar-refractivity contribution in [3.05, 3.63) is 63.7 Å². The summed E-state index contributed by atoms with van der Waals surface area (Å²) in [4.78, 5) is 22.8. The lowest BCUT2D eigenvalue weighted by Gasteiger charge is -2.18. The second-order valence-corrected chi connectivity index (χ2v) is 4.83. The Morgan fingerprint density at radius 2 is 1.78 bits per heavy atom. The molecule has 0 unspecified atom stereocenters. The van der Waals surface area contributed by atoms with Crippen molar-refractivity contribution in [2.24, 2.45) is 0 Å². The molecule has 23 heavy (non-hydrogen) atoms. The molecule has 0 amide bonds. The second kappa shape index (κ2) is 6.35. The van der Waals surface area contributed by atoms with Crippen LogP contribution >= 0.6 is 0 Å². The SMILES string of the molecule is O=C(OCc1ccccc1)c1cc2c(cc1[N+](=O)[O-])OCCO2. The number of nitrogens with zero attached hydrogens (tertiary/aromatic N) is 1. The molecule has 0 saturated heterocycles. The molecule has 1 heterocycles. The van der Waals surface area contributed by atoms with Gasteiger partial charge < -0.3 is 14.2 Å². The zero-order valence-electron chi connectivity index (χ0n) is 12.1. The van der Waals surface area contributed by atoms with Crippen molar-refractivity contribution in [1.82, 2.24) is 0 Å². The van der Waals surface area contributed by atoms with Crippen LogP contribution in [0.25, 0.3) is 0 Å². The van der Waals surface area contributed by atoms with Gasteiger partial charge in [0, 0.05) is 6.07 Å². The molecule has 0 atom stereocenters. The number of hydrogen-bond acceptors (Lipinski definition) is 6. The van der Waals surface area contributed by atoms with Crippen LogP contribution in [0.2, 0.25) is 0 Å². The van der Waals surface area contributed by atoms with Gasteiger partial charge in [-0.15, -0.1) is 0 Å². The number of hydrogen-bond donors (Lipinski definition) is 0. The smallest absolute Gasteiger partial charge is 0.345 e. The Morgan fingerprint density at radius 3 is 2.43 bits per heavy atom. The van der Waals surface area contributed by atoms with E-state index in [9.17, 15) is 14.9 Å². The number of fused-ring (bicyclic) bond motifs is 1. The summed E-state index contributed by atoms with van der Waals surface area (Å²) in [7, 11) is 0. The lowest BCUT2D eigenvalue weighted by molar-refractivity contribution is -0.385. The fourth-order valence-electron chi connectivity index (χ4n) is 2.19. The van der Waals surface area contributed by atoms with Gasteiger partial charge in [0.1, 0.15) is 25.4 Å². The summed E-state index contributed by atoms with van der Waals surface area (Å²) in [5, 5.41) is 11.2. The number of esters is 1. The van der Waals surface area contributed by atoms with E-state index in [0.717, 1.165) is 5.56 Å². The van der Waals surface area contributed by atoms with E-state index in [1.165, 1.54) is 12.1 Å². The maximum Gasteiger partial charge on any atom is 0.345 e. The van der Waals surface area contributed by atoms with Gasteiger partial charge in [0.05, 0.1) is 11.0 Å². The molecule has 0 N–H and O–H groups in total. The van der Waals surface area contributed by atoms with E-state index in [4.69, 9.17) is 14.2 Å². The third kappa shape index (κ3) is 3.23. The largest absolute Gasteiger partial charge is 0.486 e. The normalized spacial score (nSPS) is 12.5. The Hall–Kier alpha value is -3.09. The van der Waals surface area contributed by atoms with Gasteiger partial charge in [-0.05, 0) is 5.56 Å². The average molecular weight is 315 g/mol. The molecule has 0 radical (unpaired) electrons. The van der Waals surface area contributed by atoms with Crippen molar-refractivity contribution in [2.45, 2.75) is 6.61 Å². The van der Waals surface area contributed by atoms with E-state index < -0.39 is 10.9 Å². The molecule has 0 bridgehead atoms. The fraction of sp³-hybridized carbons (Fsp3) is 0.188. The van der Waals surface area contributed by atoms with E-state index in [-0.39, 0.29) is 23.6 Å². The molecular weight excluding hydrogens is 302 g/mol. The van der Waals surface area contributed by atoms with Crippen LogP contribution in [-0.4, -0.2) is 24.1 Å². The first-order valence-corrected chi connectivity index (χ1v) is 6.94. The highest BCUT2D eigenvalue weighted by atomic mass is 16.6. The molecule has 0 aromatic heterocycles. The topological polar surface area (TPSA) is 87.9 Å². The highest BCUT2D eigenvalue weighted by Crippen LogP contribution is 2.36. The quantitative estimate of drug-likeness (QED) is 0.490. The first-order valence-electron chi connectivity index (χ1n) is 6.94. The molecule has 0 fully saturated rings. The standard InChI is InChI=1S/C16H13NO6/c18-16(23-10-11-4-2-1-3-5-11)12-8-14-15(22-7-6-21-14)9-13(12)17(19)20/h1-5,8-9H,6-7,10H2. The summed E-state index contributed by atoms with van der Waals surface area (Å²) in [5.74, 6) is -0.228. The van der Waals surface area contributed by atoms with Crippen LogP contribution in [-0.2, 0) is 11.3 Å². The first kappa shape index (κ1) is 14.8. The van der Waals surface area contributed by atoms with Gasteiger partial charge in [-0.3, -0.25) is 10.1 Å². The van der Waals surface area contributed by atoms with E-state index in [0.29, 0.717) is 19.0 Å². The Kier molecular flexibility index (Phi) is 4.09. The van der Waals surface area contributed by atoms with Crippen LogP contribution in [0.1, 0.15) is 15.9 Å². The van der Waals surface area contributed by atoms with Crippen molar-refractivity contribution in [3.8, 4) is 11.5 Å². The van der Waals surface area contributed by atoms with Crippen molar-refractivity contribution >= 4 is 11.7 Å². The van der Waals surface area contributed by atoms with Crippen LogP contribution in [0.5, 0.6) is 11.5 Å². The van der Waals surface area contributed by atoms with Crippen molar-refractivity contribution < 1.29 is 23.9 Å². The zero-order chi connectivity index (χ0) is 16.2. The summed E-state index contributed by atoms with van der Waals surface area (Å²) < 4.78 is 15.8. The number of carbonyl (C=O) groups is 1. The van der Waals surface area contributed by atoms with Crippen molar-refractivity contribution in [2.75, 3.05) is 13.2 Å². The molecule has 1 aliphatic rings. The fourth-order valence-corrected chi connectivity index (χ4v) is 2.19. The van der Waals surface area contributed by atoms with Crippen molar-refractivity contribution in [3.63, 3.8) is 0 Å². The highest BCUT2D eigenvalue weighted by molar-refractivity contribution is 5.95. The molecular formula is C16H13NO6. The Bertz CT molecular complexity index is 744. The van der Waals surface area contributed by atoms with Crippen molar-refractivity contribution in [1.29, 1.82) is 0 Å². The predicted molar refractivity (Wildman–Crippen MR) is 79.6 cm³/mol. The zero-order valence-corrected chi connectivity index (χ0v) is 12.1. The lowest BCUT2D eigenvalue weighted by atomic mass is 10.1. The molecule has 2 aromatic rings. The van der Waals surface area contributed by atoms with Gasteiger partial charge in [-0.1, -0.05) is 30.3 Å². The minimum Gasteiger partial charge on any atom is -0.486 e. The molecule has 118 valence electrons. The van der Waals surface area contributed by atoms with Gasteiger partial charge in [-0.2, -0.15) is 0 Å². The first-order chi connectivity index (χ1) is 11.1. The van der Waals surface area contributed by atoms with Crippen LogP contribution in [0.3, 0.4) is 0 Å². The third-order valence-corrected chi connectivity index (χ3v) is 3.29. The average Bonchev–Trinajstić information content (AvgIpc) is 2.59. The molecule has 0 saturated carbocycles. The minimum absolute atomic E-state index is 0.0330. The maximum absolute atomic E-state index is 12.2. The monoisotopic (exact) mass is 315 g/mol. The third-order valence-electron chi connectivity index (χ3n) is 3.29. The van der Waals surface area contributed by atoms with E-state index in [1.54, 1.807) is 12.1 Å². The minimum atomic E-state index is -0.780. The van der Waals surface area contributed by atoms with E-state index in [2.05, 4.69) is 0 Å². The highest BCUT2D eigenvalue weighted by Gasteiger charge is 2.27. The molecule has 0 aliphatic carbocycles. The number of carbonyl (C=O) groups excluding carboxylic acids is 1. The molecule has 3 rings (SSSR count). The van der Waals surface area contributed by atoms with Crippen LogP contribution in [0.15, 0.2) is 42.5 Å². The van der Waals surface area contributed by atoms with Crippen LogP contribution < -0.4 is 9.47 Å². The Balaban J connectivity index is 1.85. The molecule has 7 heteroatoms. The molecule has 7 nitrogen and oxygen atoms in total. The summed E-state index contributed by atoms with van der Waals surface area (Å²) in [5.41, 5.74) is 0.267. The number of ether oxygens (including phenoxy) is 3. The molecule has 0 spiro atoms. The predicted octanol–water partition coefficient (Wildman–Crippen LogP) is 2.72. The van der Waals surface area contributed by atoms with Crippen LogP contribution in [0.4, 0.5) is 5.69 Å².